The summed E-state index contributed by atoms with van der Waals surface area (Å²) in [7, 11) is 3.66. The molecule has 1 aromatic heterocycles. The standard InChI is InChI=1S/C15H16N2OS/c1-17(11-14-4-3-7-19-14)10-12-5-6-15(18-2)13(8-12)9-16/h3-8H,10-11H2,1-2H3. The molecule has 1 heterocycles. The Bertz CT molecular complexity index is 572. The fraction of sp³-hybridized carbons (Fsp3) is 0.267. The van der Waals surface area contributed by atoms with E-state index in [4.69, 9.17) is 10.00 Å². The molecule has 0 atom stereocenters. The molecule has 2 rings (SSSR count). The second-order valence-electron chi connectivity index (χ2n) is 4.40. The van der Waals surface area contributed by atoms with Gasteiger partial charge in [0.15, 0.2) is 0 Å². The van der Waals surface area contributed by atoms with Crippen LogP contribution >= 0.6 is 11.3 Å². The Labute approximate surface area is 117 Å². The van der Waals surface area contributed by atoms with Gasteiger partial charge in [-0.1, -0.05) is 12.1 Å². The van der Waals surface area contributed by atoms with Crippen molar-refractivity contribution in [2.45, 2.75) is 13.1 Å². The van der Waals surface area contributed by atoms with Crippen LogP contribution in [0.15, 0.2) is 35.7 Å². The van der Waals surface area contributed by atoms with Crippen molar-refractivity contribution in [3.63, 3.8) is 0 Å². The van der Waals surface area contributed by atoms with E-state index in [0.29, 0.717) is 11.3 Å². The highest BCUT2D eigenvalue weighted by molar-refractivity contribution is 7.09. The molecule has 2 aromatic rings. The maximum Gasteiger partial charge on any atom is 0.136 e. The minimum absolute atomic E-state index is 0.588. The minimum Gasteiger partial charge on any atom is -0.495 e. The van der Waals surface area contributed by atoms with Gasteiger partial charge in [-0.05, 0) is 36.2 Å². The number of methoxy groups -OCH3 is 1. The lowest BCUT2D eigenvalue weighted by Gasteiger charge is -2.16. The van der Waals surface area contributed by atoms with Gasteiger partial charge in [-0.25, -0.2) is 0 Å². The Morgan fingerprint density at radius 2 is 2.16 bits per heavy atom. The molecule has 0 aliphatic heterocycles. The average Bonchev–Trinajstić information content (AvgIpc) is 2.91. The Morgan fingerprint density at radius 3 is 2.79 bits per heavy atom. The lowest BCUT2D eigenvalue weighted by atomic mass is 10.1. The summed E-state index contributed by atoms with van der Waals surface area (Å²) in [5.41, 5.74) is 1.71. The molecule has 19 heavy (non-hydrogen) atoms. The number of rotatable bonds is 5. The first-order chi connectivity index (χ1) is 9.22. The zero-order valence-electron chi connectivity index (χ0n) is 11.1. The van der Waals surface area contributed by atoms with E-state index in [2.05, 4.69) is 35.5 Å². The summed E-state index contributed by atoms with van der Waals surface area (Å²) in [5, 5.41) is 11.2. The number of nitriles is 1. The lowest BCUT2D eigenvalue weighted by Crippen LogP contribution is -2.16. The Morgan fingerprint density at radius 1 is 1.32 bits per heavy atom. The van der Waals surface area contributed by atoms with Crippen LogP contribution in [0.1, 0.15) is 16.0 Å². The largest absolute Gasteiger partial charge is 0.495 e. The average molecular weight is 272 g/mol. The molecular formula is C15H16N2OS. The van der Waals surface area contributed by atoms with E-state index in [1.165, 1.54) is 4.88 Å². The van der Waals surface area contributed by atoms with Gasteiger partial charge in [0.25, 0.3) is 0 Å². The van der Waals surface area contributed by atoms with Crippen molar-refractivity contribution in [1.82, 2.24) is 4.90 Å². The predicted molar refractivity (Wildman–Crippen MR) is 77.2 cm³/mol. The monoisotopic (exact) mass is 272 g/mol. The maximum atomic E-state index is 9.07. The molecular weight excluding hydrogens is 256 g/mol. The third-order valence-electron chi connectivity index (χ3n) is 2.84. The van der Waals surface area contributed by atoms with E-state index in [9.17, 15) is 0 Å². The molecule has 0 N–H and O–H groups in total. The van der Waals surface area contributed by atoms with Crippen LogP contribution in [0.4, 0.5) is 0 Å². The number of thiophene rings is 1. The lowest BCUT2D eigenvalue weighted by molar-refractivity contribution is 0.321. The highest BCUT2D eigenvalue weighted by Gasteiger charge is 2.06. The Kier molecular flexibility index (Phi) is 4.56. The third-order valence-corrected chi connectivity index (χ3v) is 3.70. The molecule has 0 radical (unpaired) electrons. The zero-order valence-corrected chi connectivity index (χ0v) is 11.9. The normalized spacial score (nSPS) is 10.4. The summed E-state index contributed by atoms with van der Waals surface area (Å²) in [6, 6.07) is 12.1. The first-order valence-corrected chi connectivity index (χ1v) is 6.89. The molecule has 0 bridgehead atoms. The van der Waals surface area contributed by atoms with Gasteiger partial charge in [-0.2, -0.15) is 5.26 Å². The van der Waals surface area contributed by atoms with Crippen molar-refractivity contribution in [1.29, 1.82) is 5.26 Å². The van der Waals surface area contributed by atoms with Crippen LogP contribution in [0.25, 0.3) is 0 Å². The van der Waals surface area contributed by atoms with E-state index >= 15 is 0 Å². The predicted octanol–water partition coefficient (Wildman–Crippen LogP) is 3.26. The van der Waals surface area contributed by atoms with Gasteiger partial charge < -0.3 is 4.74 Å². The Hall–Kier alpha value is -1.83. The summed E-state index contributed by atoms with van der Waals surface area (Å²) < 4.78 is 5.15. The van der Waals surface area contributed by atoms with Crippen LogP contribution in [0.2, 0.25) is 0 Å². The fourth-order valence-electron chi connectivity index (χ4n) is 1.98. The van der Waals surface area contributed by atoms with Gasteiger partial charge in [0.05, 0.1) is 12.7 Å². The molecule has 0 aliphatic rings. The molecule has 0 spiro atoms. The highest BCUT2D eigenvalue weighted by atomic mass is 32.1. The zero-order chi connectivity index (χ0) is 13.7. The summed E-state index contributed by atoms with van der Waals surface area (Å²) in [6.45, 7) is 1.74. The SMILES string of the molecule is COc1ccc(CN(C)Cc2cccs2)cc1C#N. The van der Waals surface area contributed by atoms with Crippen LogP contribution in [0.3, 0.4) is 0 Å². The smallest absolute Gasteiger partial charge is 0.136 e. The number of hydrogen-bond acceptors (Lipinski definition) is 4. The van der Waals surface area contributed by atoms with Gasteiger partial charge in [0.1, 0.15) is 11.8 Å². The van der Waals surface area contributed by atoms with Crippen molar-refractivity contribution in [2.24, 2.45) is 0 Å². The molecule has 0 fully saturated rings. The number of ether oxygens (including phenoxy) is 1. The topological polar surface area (TPSA) is 36.3 Å². The van der Waals surface area contributed by atoms with E-state index in [0.717, 1.165) is 18.7 Å². The maximum absolute atomic E-state index is 9.07. The van der Waals surface area contributed by atoms with Crippen LogP contribution in [-0.2, 0) is 13.1 Å². The molecule has 0 amide bonds. The van der Waals surface area contributed by atoms with Crippen LogP contribution < -0.4 is 4.74 Å². The van der Waals surface area contributed by atoms with Crippen molar-refractivity contribution < 1.29 is 4.74 Å². The molecule has 0 aliphatic carbocycles. The van der Waals surface area contributed by atoms with Gasteiger partial charge >= 0.3 is 0 Å². The molecule has 0 unspecified atom stereocenters. The molecule has 0 saturated carbocycles. The van der Waals surface area contributed by atoms with E-state index in [1.807, 2.05) is 18.2 Å². The second-order valence-corrected chi connectivity index (χ2v) is 5.43. The first kappa shape index (κ1) is 13.6. The number of hydrogen-bond donors (Lipinski definition) is 0. The van der Waals surface area contributed by atoms with Gasteiger partial charge in [0.2, 0.25) is 0 Å². The van der Waals surface area contributed by atoms with Crippen molar-refractivity contribution in [3.05, 3.63) is 51.7 Å². The third kappa shape index (κ3) is 3.57. The van der Waals surface area contributed by atoms with Crippen LogP contribution in [0, 0.1) is 11.3 Å². The summed E-state index contributed by atoms with van der Waals surface area (Å²) in [4.78, 5) is 3.57. The second kappa shape index (κ2) is 6.37. The van der Waals surface area contributed by atoms with Crippen molar-refractivity contribution in [2.75, 3.05) is 14.2 Å². The van der Waals surface area contributed by atoms with Gasteiger partial charge in [0, 0.05) is 18.0 Å². The van der Waals surface area contributed by atoms with E-state index in [1.54, 1.807) is 18.4 Å². The van der Waals surface area contributed by atoms with Crippen LogP contribution in [0.5, 0.6) is 5.75 Å². The quantitative estimate of drug-likeness (QED) is 0.838. The van der Waals surface area contributed by atoms with Crippen molar-refractivity contribution >= 4 is 11.3 Å². The fourth-order valence-corrected chi connectivity index (χ4v) is 2.76. The number of benzene rings is 1. The molecule has 3 nitrogen and oxygen atoms in total. The number of nitrogens with zero attached hydrogens (tertiary/aromatic N) is 2. The molecule has 98 valence electrons. The van der Waals surface area contributed by atoms with E-state index in [-0.39, 0.29) is 0 Å². The molecule has 0 saturated heterocycles. The Balaban J connectivity index is 2.05. The molecule has 4 heteroatoms. The van der Waals surface area contributed by atoms with Crippen molar-refractivity contribution in [3.8, 4) is 11.8 Å². The van der Waals surface area contributed by atoms with Gasteiger partial charge in [-0.15, -0.1) is 11.3 Å². The summed E-state index contributed by atoms with van der Waals surface area (Å²) >= 11 is 1.76. The van der Waals surface area contributed by atoms with Crippen LogP contribution in [-0.4, -0.2) is 19.1 Å². The van der Waals surface area contributed by atoms with E-state index < -0.39 is 0 Å². The summed E-state index contributed by atoms with van der Waals surface area (Å²) in [6.07, 6.45) is 0. The summed E-state index contributed by atoms with van der Waals surface area (Å²) in [5.74, 6) is 0.632. The minimum atomic E-state index is 0.588. The first-order valence-electron chi connectivity index (χ1n) is 6.01. The molecule has 1 aromatic carbocycles. The van der Waals surface area contributed by atoms with Gasteiger partial charge in [-0.3, -0.25) is 4.90 Å². The highest BCUT2D eigenvalue weighted by Crippen LogP contribution is 2.20.